The zero-order chi connectivity index (χ0) is 12.2. The fourth-order valence-electron chi connectivity index (χ4n) is 0.682. The third-order valence-electron chi connectivity index (χ3n) is 1.55. The fourth-order valence-corrected chi connectivity index (χ4v) is 0.771. The third kappa shape index (κ3) is 3.99. The molecule has 0 saturated heterocycles. The van der Waals surface area contributed by atoms with E-state index >= 15 is 0 Å². The first-order valence-corrected chi connectivity index (χ1v) is 4.29. The van der Waals surface area contributed by atoms with Gasteiger partial charge < -0.3 is 10.4 Å². The number of carboxylic acids is 1. The van der Waals surface area contributed by atoms with E-state index in [0.717, 1.165) is 0 Å². The lowest BCUT2D eigenvalue weighted by atomic mass is 10.3. The zero-order valence-corrected chi connectivity index (χ0v) is 9.04. The highest BCUT2D eigenvalue weighted by molar-refractivity contribution is 6.22. The van der Waals surface area contributed by atoms with Gasteiger partial charge in [0.1, 0.15) is 11.7 Å². The van der Waals surface area contributed by atoms with Gasteiger partial charge in [-0.15, -0.1) is 0 Å². The van der Waals surface area contributed by atoms with E-state index in [1.54, 1.807) is 0 Å². The van der Waals surface area contributed by atoms with Crippen molar-refractivity contribution in [3.63, 3.8) is 0 Å². The number of carboxylic acid groups (broad SMARTS) is 1. The molecule has 0 aliphatic rings. The Morgan fingerprint density at radius 2 is 1.93 bits per heavy atom. The molecule has 0 aromatic heterocycles. The van der Waals surface area contributed by atoms with Crippen molar-refractivity contribution in [1.29, 1.82) is 0 Å². The Bertz CT molecular complexity index is 316. The summed E-state index contributed by atoms with van der Waals surface area (Å²) in [6.45, 7) is 5.65. The van der Waals surface area contributed by atoms with Crippen molar-refractivity contribution in [3.05, 3.63) is 12.3 Å². The Balaban J connectivity index is 4.40. The average Bonchev–Trinajstić information content (AvgIpc) is 2.14. The van der Waals surface area contributed by atoms with Crippen molar-refractivity contribution in [2.24, 2.45) is 0 Å². The molecule has 7 heteroatoms. The van der Waals surface area contributed by atoms with Crippen LogP contribution < -0.4 is 5.32 Å². The molecule has 0 heterocycles. The number of carbonyl (C=O) groups is 3. The molecule has 0 fully saturated rings. The van der Waals surface area contributed by atoms with Crippen LogP contribution in [0.3, 0.4) is 0 Å². The molecule has 1 atom stereocenters. The van der Waals surface area contributed by atoms with E-state index < -0.39 is 29.5 Å². The standard InChI is InChI=1S/C8H11ClN2O4/c1-4(8(14)15)10-7(13)5(2)11(9)6(3)12/h5H,1H2,2-3H3,(H,10,13)(H,14,15)/t5-/m0/s1. The van der Waals surface area contributed by atoms with Crippen molar-refractivity contribution in [1.82, 2.24) is 9.74 Å². The summed E-state index contributed by atoms with van der Waals surface area (Å²) in [6, 6.07) is -0.972. The van der Waals surface area contributed by atoms with E-state index in [9.17, 15) is 14.4 Å². The number of halogens is 1. The van der Waals surface area contributed by atoms with Gasteiger partial charge >= 0.3 is 5.97 Å². The Morgan fingerprint density at radius 1 is 1.47 bits per heavy atom. The lowest BCUT2D eigenvalue weighted by Gasteiger charge is -2.19. The van der Waals surface area contributed by atoms with Crippen LogP contribution in [0.1, 0.15) is 13.8 Å². The van der Waals surface area contributed by atoms with Gasteiger partial charge in [0, 0.05) is 18.7 Å². The average molecular weight is 235 g/mol. The van der Waals surface area contributed by atoms with Gasteiger partial charge in [-0.05, 0) is 6.92 Å². The first kappa shape index (κ1) is 13.4. The summed E-state index contributed by atoms with van der Waals surface area (Å²) in [4.78, 5) is 32.4. The van der Waals surface area contributed by atoms with Gasteiger partial charge in [0.2, 0.25) is 11.8 Å². The monoisotopic (exact) mass is 234 g/mol. The Kier molecular flexibility index (Phi) is 4.80. The van der Waals surface area contributed by atoms with Crippen molar-refractivity contribution in [2.75, 3.05) is 0 Å². The molecule has 0 spiro atoms. The summed E-state index contributed by atoms with van der Waals surface area (Å²) in [6.07, 6.45) is 0. The molecule has 0 aliphatic carbocycles. The van der Waals surface area contributed by atoms with E-state index in [2.05, 4.69) is 6.58 Å². The van der Waals surface area contributed by atoms with Gasteiger partial charge in [-0.25, -0.2) is 9.21 Å². The van der Waals surface area contributed by atoms with Crippen LogP contribution in [-0.2, 0) is 14.4 Å². The number of rotatable bonds is 4. The minimum atomic E-state index is -1.35. The van der Waals surface area contributed by atoms with Gasteiger partial charge in [0.05, 0.1) is 0 Å². The number of nitrogens with one attached hydrogen (secondary N) is 1. The summed E-state index contributed by atoms with van der Waals surface area (Å²) in [5, 5.41) is 10.4. The number of carbonyl (C=O) groups excluding carboxylic acids is 2. The normalized spacial score (nSPS) is 11.4. The smallest absolute Gasteiger partial charge is 0.351 e. The third-order valence-corrected chi connectivity index (χ3v) is 2.08. The molecule has 0 aromatic rings. The Morgan fingerprint density at radius 3 is 2.27 bits per heavy atom. The minimum Gasteiger partial charge on any atom is -0.477 e. The lowest BCUT2D eigenvalue weighted by Crippen LogP contribution is -2.43. The molecule has 0 radical (unpaired) electrons. The quantitative estimate of drug-likeness (QED) is 0.533. The van der Waals surface area contributed by atoms with E-state index in [-0.39, 0.29) is 0 Å². The number of hydrogen-bond donors (Lipinski definition) is 2. The molecule has 15 heavy (non-hydrogen) atoms. The van der Waals surface area contributed by atoms with E-state index in [1.807, 2.05) is 5.32 Å². The molecule has 84 valence electrons. The number of hydrogen-bond acceptors (Lipinski definition) is 3. The van der Waals surface area contributed by atoms with Crippen LogP contribution in [0, 0.1) is 0 Å². The molecule has 6 nitrogen and oxygen atoms in total. The topological polar surface area (TPSA) is 86.7 Å². The SMILES string of the molecule is C=C(NC(=O)[C@H](C)N(Cl)C(C)=O)C(=O)O. The Labute approximate surface area is 91.6 Å². The summed E-state index contributed by atoms with van der Waals surface area (Å²) in [7, 11) is 0. The van der Waals surface area contributed by atoms with Crippen molar-refractivity contribution < 1.29 is 19.5 Å². The van der Waals surface area contributed by atoms with Crippen LogP contribution in [0.2, 0.25) is 0 Å². The summed E-state index contributed by atoms with van der Waals surface area (Å²) < 4.78 is 0.671. The number of aliphatic carboxylic acids is 1. The molecule has 2 amide bonds. The van der Waals surface area contributed by atoms with Crippen LogP contribution in [0.25, 0.3) is 0 Å². The highest BCUT2D eigenvalue weighted by Crippen LogP contribution is 2.04. The first-order chi connectivity index (χ1) is 6.77. The summed E-state index contributed by atoms with van der Waals surface area (Å²) in [5.41, 5.74) is -0.472. The number of nitrogens with zero attached hydrogens (tertiary/aromatic N) is 1. The van der Waals surface area contributed by atoms with Crippen molar-refractivity contribution >= 4 is 29.6 Å². The van der Waals surface area contributed by atoms with Crippen LogP contribution in [0.4, 0.5) is 0 Å². The largest absolute Gasteiger partial charge is 0.477 e. The predicted octanol–water partition coefficient (Wildman–Crippen LogP) is 0.0917. The maximum absolute atomic E-state index is 11.3. The van der Waals surface area contributed by atoms with Crippen LogP contribution in [0.5, 0.6) is 0 Å². The van der Waals surface area contributed by atoms with Gasteiger partial charge in [0.25, 0.3) is 0 Å². The lowest BCUT2D eigenvalue weighted by molar-refractivity contribution is -0.136. The van der Waals surface area contributed by atoms with Crippen molar-refractivity contribution in [2.45, 2.75) is 19.9 Å². The second-order valence-corrected chi connectivity index (χ2v) is 3.14. The highest BCUT2D eigenvalue weighted by atomic mass is 35.5. The van der Waals surface area contributed by atoms with Gasteiger partial charge in [-0.3, -0.25) is 9.59 Å². The second kappa shape index (κ2) is 5.35. The molecular weight excluding hydrogens is 224 g/mol. The molecule has 0 saturated carbocycles. The second-order valence-electron chi connectivity index (χ2n) is 2.78. The molecule has 2 N–H and O–H groups in total. The fraction of sp³-hybridized carbons (Fsp3) is 0.375. The van der Waals surface area contributed by atoms with E-state index in [0.29, 0.717) is 4.42 Å². The maximum Gasteiger partial charge on any atom is 0.351 e. The van der Waals surface area contributed by atoms with Gasteiger partial charge in [0.15, 0.2) is 0 Å². The Hall–Kier alpha value is -1.56. The summed E-state index contributed by atoms with van der Waals surface area (Å²) >= 11 is 5.47. The van der Waals surface area contributed by atoms with Crippen molar-refractivity contribution in [3.8, 4) is 0 Å². The molecule has 0 rings (SSSR count). The summed E-state index contributed by atoms with van der Waals surface area (Å²) in [5.74, 6) is -2.58. The molecule has 0 bridgehead atoms. The molecule has 0 aliphatic heterocycles. The van der Waals surface area contributed by atoms with E-state index in [4.69, 9.17) is 16.9 Å². The van der Waals surface area contributed by atoms with Crippen LogP contribution >= 0.6 is 11.8 Å². The maximum atomic E-state index is 11.3. The molecule has 0 aromatic carbocycles. The minimum absolute atomic E-state index is 0.472. The van der Waals surface area contributed by atoms with E-state index in [1.165, 1.54) is 13.8 Å². The molecule has 0 unspecified atom stereocenters. The van der Waals surface area contributed by atoms with Gasteiger partial charge in [-0.1, -0.05) is 6.58 Å². The predicted molar refractivity (Wildman–Crippen MR) is 52.8 cm³/mol. The van der Waals surface area contributed by atoms with Crippen LogP contribution in [0.15, 0.2) is 12.3 Å². The zero-order valence-electron chi connectivity index (χ0n) is 8.28. The van der Waals surface area contributed by atoms with Gasteiger partial charge in [-0.2, -0.15) is 0 Å². The molecular formula is C8H11ClN2O4. The number of amides is 2. The first-order valence-electron chi connectivity index (χ1n) is 3.96. The highest BCUT2D eigenvalue weighted by Gasteiger charge is 2.23. The van der Waals surface area contributed by atoms with Crippen LogP contribution in [-0.4, -0.2) is 33.4 Å².